The van der Waals surface area contributed by atoms with Crippen LogP contribution in [0.2, 0.25) is 0 Å². The first kappa shape index (κ1) is 14.3. The third-order valence-electron chi connectivity index (χ3n) is 3.00. The Morgan fingerprint density at radius 3 is 2.35 bits per heavy atom. The number of aryl methyl sites for hydroxylation is 1. The molecule has 1 aromatic heterocycles. The van der Waals surface area contributed by atoms with E-state index in [1.165, 1.54) is 6.07 Å². The van der Waals surface area contributed by atoms with Gasteiger partial charge in [-0.15, -0.1) is 0 Å². The zero-order valence-corrected chi connectivity index (χ0v) is 12.0. The fourth-order valence-electron chi connectivity index (χ4n) is 1.96. The first-order valence-electron chi connectivity index (χ1n) is 6.31. The van der Waals surface area contributed by atoms with Gasteiger partial charge in [0.2, 0.25) is 5.43 Å². The molecule has 5 heteroatoms. The van der Waals surface area contributed by atoms with E-state index in [1.807, 2.05) is 24.3 Å². The minimum Gasteiger partial charge on any atom is -0.497 e. The second-order valence-corrected chi connectivity index (χ2v) is 5.17. The summed E-state index contributed by atoms with van der Waals surface area (Å²) < 4.78 is 6.75. The molecule has 2 rings (SSSR count). The van der Waals surface area contributed by atoms with Crippen molar-refractivity contribution in [1.82, 2.24) is 9.78 Å². The zero-order valence-electron chi connectivity index (χ0n) is 12.0. The topological polar surface area (TPSA) is 64.3 Å². The van der Waals surface area contributed by atoms with Crippen LogP contribution in [0.3, 0.4) is 0 Å². The van der Waals surface area contributed by atoms with Crippen molar-refractivity contribution in [3.8, 4) is 11.4 Å². The Labute approximate surface area is 117 Å². The van der Waals surface area contributed by atoms with Crippen LogP contribution >= 0.6 is 0 Å². The van der Waals surface area contributed by atoms with Crippen LogP contribution < -0.4 is 10.2 Å². The van der Waals surface area contributed by atoms with E-state index in [0.29, 0.717) is 5.69 Å². The fraction of sp³-hybridized carbons (Fsp3) is 0.333. The van der Waals surface area contributed by atoms with Crippen LogP contribution in [0.1, 0.15) is 25.2 Å². The van der Waals surface area contributed by atoms with Crippen LogP contribution in [0.5, 0.6) is 5.75 Å². The van der Waals surface area contributed by atoms with Crippen molar-refractivity contribution >= 4 is 0 Å². The molecule has 0 saturated heterocycles. The molecular weight excluding hydrogens is 256 g/mol. The molecule has 1 N–H and O–H groups in total. The SMILES string of the molecule is COc1ccc(-n2nc(C(C)(C)O)c(=O)cc2C)cc1. The molecule has 106 valence electrons. The van der Waals surface area contributed by atoms with Crippen LogP contribution in [-0.2, 0) is 5.60 Å². The molecule has 20 heavy (non-hydrogen) atoms. The Morgan fingerprint density at radius 1 is 1.25 bits per heavy atom. The summed E-state index contributed by atoms with van der Waals surface area (Å²) in [4.78, 5) is 11.9. The van der Waals surface area contributed by atoms with E-state index >= 15 is 0 Å². The van der Waals surface area contributed by atoms with E-state index < -0.39 is 5.60 Å². The molecule has 0 spiro atoms. The number of nitrogens with zero attached hydrogens (tertiary/aromatic N) is 2. The summed E-state index contributed by atoms with van der Waals surface area (Å²) in [5, 5.41) is 14.3. The Kier molecular flexibility index (Phi) is 3.63. The number of rotatable bonds is 3. The first-order chi connectivity index (χ1) is 9.32. The van der Waals surface area contributed by atoms with Crippen molar-refractivity contribution in [2.24, 2.45) is 0 Å². The number of aromatic nitrogens is 2. The van der Waals surface area contributed by atoms with Crippen molar-refractivity contribution in [3.63, 3.8) is 0 Å². The lowest BCUT2D eigenvalue weighted by atomic mass is 10.0. The number of methoxy groups -OCH3 is 1. The Balaban J connectivity index is 2.58. The first-order valence-corrected chi connectivity index (χ1v) is 6.31. The summed E-state index contributed by atoms with van der Waals surface area (Å²) in [6.45, 7) is 4.89. The number of benzene rings is 1. The lowest BCUT2D eigenvalue weighted by Gasteiger charge is -2.18. The third kappa shape index (κ3) is 2.72. The zero-order chi connectivity index (χ0) is 14.9. The number of ether oxygens (including phenoxy) is 1. The predicted molar refractivity (Wildman–Crippen MR) is 76.4 cm³/mol. The normalized spacial score (nSPS) is 11.4. The van der Waals surface area contributed by atoms with Crippen molar-refractivity contribution in [1.29, 1.82) is 0 Å². The molecule has 0 bridgehead atoms. The van der Waals surface area contributed by atoms with Crippen LogP contribution in [0.25, 0.3) is 5.69 Å². The van der Waals surface area contributed by atoms with E-state index in [0.717, 1.165) is 11.4 Å². The average molecular weight is 274 g/mol. The quantitative estimate of drug-likeness (QED) is 0.926. The van der Waals surface area contributed by atoms with Crippen molar-refractivity contribution < 1.29 is 9.84 Å². The van der Waals surface area contributed by atoms with Gasteiger partial charge in [0.1, 0.15) is 17.0 Å². The highest BCUT2D eigenvalue weighted by molar-refractivity contribution is 5.38. The molecule has 0 amide bonds. The van der Waals surface area contributed by atoms with Gasteiger partial charge in [-0.3, -0.25) is 4.79 Å². The highest BCUT2D eigenvalue weighted by atomic mass is 16.5. The molecule has 1 heterocycles. The van der Waals surface area contributed by atoms with Gasteiger partial charge < -0.3 is 9.84 Å². The summed E-state index contributed by atoms with van der Waals surface area (Å²) in [5.74, 6) is 0.746. The van der Waals surface area contributed by atoms with Crippen LogP contribution in [0.15, 0.2) is 35.1 Å². The fourth-order valence-corrected chi connectivity index (χ4v) is 1.96. The van der Waals surface area contributed by atoms with Crippen LogP contribution in [0.4, 0.5) is 0 Å². The maximum absolute atomic E-state index is 11.9. The molecule has 0 saturated carbocycles. The summed E-state index contributed by atoms with van der Waals surface area (Å²) in [6.07, 6.45) is 0. The number of hydrogen-bond donors (Lipinski definition) is 1. The van der Waals surface area contributed by atoms with Gasteiger partial charge in [0.15, 0.2) is 0 Å². The van der Waals surface area contributed by atoms with Gasteiger partial charge in [-0.1, -0.05) is 0 Å². The molecular formula is C15H18N2O3. The van der Waals surface area contributed by atoms with Crippen molar-refractivity contribution in [2.45, 2.75) is 26.4 Å². The molecule has 0 aliphatic carbocycles. The van der Waals surface area contributed by atoms with Gasteiger partial charge in [0.05, 0.1) is 12.8 Å². The van der Waals surface area contributed by atoms with Crippen molar-refractivity contribution in [3.05, 3.63) is 51.9 Å². The van der Waals surface area contributed by atoms with Gasteiger partial charge in [0, 0.05) is 11.8 Å². The van der Waals surface area contributed by atoms with Gasteiger partial charge >= 0.3 is 0 Å². The number of hydrogen-bond acceptors (Lipinski definition) is 4. The Bertz CT molecular complexity index is 667. The molecule has 1 aromatic carbocycles. The highest BCUT2D eigenvalue weighted by Gasteiger charge is 2.23. The number of aliphatic hydroxyl groups is 1. The molecule has 0 unspecified atom stereocenters. The van der Waals surface area contributed by atoms with E-state index in [4.69, 9.17) is 4.74 Å². The Hall–Kier alpha value is -2.14. The molecule has 0 atom stereocenters. The van der Waals surface area contributed by atoms with E-state index in [9.17, 15) is 9.90 Å². The van der Waals surface area contributed by atoms with E-state index in [2.05, 4.69) is 5.10 Å². The summed E-state index contributed by atoms with van der Waals surface area (Å²) in [7, 11) is 1.60. The highest BCUT2D eigenvalue weighted by Crippen LogP contribution is 2.18. The molecule has 5 nitrogen and oxygen atoms in total. The predicted octanol–water partition coefficient (Wildman–Crippen LogP) is 1.78. The average Bonchev–Trinajstić information content (AvgIpc) is 2.37. The molecule has 0 aliphatic heterocycles. The maximum atomic E-state index is 11.9. The van der Waals surface area contributed by atoms with E-state index in [-0.39, 0.29) is 11.1 Å². The van der Waals surface area contributed by atoms with Crippen LogP contribution in [-0.4, -0.2) is 22.0 Å². The molecule has 0 radical (unpaired) electrons. The monoisotopic (exact) mass is 274 g/mol. The molecule has 0 aliphatic rings. The minimum atomic E-state index is -1.28. The minimum absolute atomic E-state index is 0.124. The Morgan fingerprint density at radius 2 is 1.85 bits per heavy atom. The maximum Gasteiger partial charge on any atom is 0.206 e. The molecule has 2 aromatic rings. The van der Waals surface area contributed by atoms with E-state index in [1.54, 1.807) is 32.6 Å². The van der Waals surface area contributed by atoms with Gasteiger partial charge in [-0.25, -0.2) is 4.68 Å². The lowest BCUT2D eigenvalue weighted by molar-refractivity contribution is 0.0709. The van der Waals surface area contributed by atoms with Crippen molar-refractivity contribution in [2.75, 3.05) is 7.11 Å². The standard InChI is InChI=1S/C15H18N2O3/c1-10-9-13(18)14(15(2,3)19)16-17(10)11-5-7-12(20-4)8-6-11/h5-9,19H,1-4H3. The van der Waals surface area contributed by atoms with Crippen LogP contribution in [0, 0.1) is 6.92 Å². The third-order valence-corrected chi connectivity index (χ3v) is 3.00. The second kappa shape index (κ2) is 5.09. The van der Waals surface area contributed by atoms with Gasteiger partial charge in [0.25, 0.3) is 0 Å². The second-order valence-electron chi connectivity index (χ2n) is 5.17. The summed E-state index contributed by atoms with van der Waals surface area (Å²) in [6, 6.07) is 8.80. The van der Waals surface area contributed by atoms with Gasteiger partial charge in [-0.2, -0.15) is 5.10 Å². The molecule has 0 fully saturated rings. The summed E-state index contributed by atoms with van der Waals surface area (Å²) >= 11 is 0. The van der Waals surface area contributed by atoms with Gasteiger partial charge in [-0.05, 0) is 45.0 Å². The lowest BCUT2D eigenvalue weighted by Crippen LogP contribution is -2.30. The smallest absolute Gasteiger partial charge is 0.206 e. The largest absolute Gasteiger partial charge is 0.497 e. The summed E-state index contributed by atoms with van der Waals surface area (Å²) in [5.41, 5.74) is 0.0829.